The molecule has 20 heavy (non-hydrogen) atoms. The normalized spacial score (nSPS) is 25.4. The van der Waals surface area contributed by atoms with Gasteiger partial charge >= 0.3 is 11.9 Å². The zero-order chi connectivity index (χ0) is 14.6. The molecule has 1 aliphatic heterocycles. The highest BCUT2D eigenvalue weighted by molar-refractivity contribution is 8.00. The van der Waals surface area contributed by atoms with Crippen molar-refractivity contribution in [3.63, 3.8) is 0 Å². The number of hydrogen-bond acceptors (Lipinski definition) is 6. The van der Waals surface area contributed by atoms with Crippen LogP contribution in [0.1, 0.15) is 32.6 Å². The maximum absolute atomic E-state index is 11.7. The zero-order valence-electron chi connectivity index (χ0n) is 12.1. The Kier molecular flexibility index (Phi) is 10.0. The van der Waals surface area contributed by atoms with Crippen molar-refractivity contribution in [2.24, 2.45) is 5.92 Å². The Morgan fingerprint density at radius 2 is 1.45 bits per heavy atom. The molecule has 1 rings (SSSR count). The molecule has 0 saturated carbocycles. The number of thioether (sulfide) groups is 2. The van der Waals surface area contributed by atoms with Crippen molar-refractivity contribution in [1.29, 1.82) is 0 Å². The molecule has 0 spiro atoms. The van der Waals surface area contributed by atoms with E-state index in [1.54, 1.807) is 6.92 Å². The molecule has 0 aliphatic carbocycles. The van der Waals surface area contributed by atoms with Crippen LogP contribution in [0, 0.1) is 5.92 Å². The molecule has 1 saturated heterocycles. The largest absolute Gasteiger partial charge is 0.466 e. The summed E-state index contributed by atoms with van der Waals surface area (Å²) in [6.45, 7) is 2.60. The van der Waals surface area contributed by atoms with Crippen LogP contribution in [0.2, 0.25) is 0 Å². The molecule has 0 N–H and O–H groups in total. The number of ether oxygens (including phenoxy) is 2. The van der Waals surface area contributed by atoms with E-state index in [1.807, 2.05) is 23.5 Å². The van der Waals surface area contributed by atoms with Crippen LogP contribution in [-0.2, 0) is 19.1 Å². The van der Waals surface area contributed by atoms with Crippen LogP contribution >= 0.6 is 23.5 Å². The molecular formula is C14H24O4S2. The van der Waals surface area contributed by atoms with E-state index in [1.165, 1.54) is 6.42 Å². The van der Waals surface area contributed by atoms with Gasteiger partial charge in [0.15, 0.2) is 0 Å². The van der Waals surface area contributed by atoms with Gasteiger partial charge < -0.3 is 9.47 Å². The topological polar surface area (TPSA) is 52.6 Å². The molecule has 0 bridgehead atoms. The first-order chi connectivity index (χ1) is 9.70. The Morgan fingerprint density at radius 3 is 2.10 bits per heavy atom. The first kappa shape index (κ1) is 17.7. The van der Waals surface area contributed by atoms with Gasteiger partial charge in [-0.15, -0.1) is 0 Å². The highest BCUT2D eigenvalue weighted by atomic mass is 32.2. The third-order valence-corrected chi connectivity index (χ3v) is 5.14. The molecule has 4 nitrogen and oxygen atoms in total. The van der Waals surface area contributed by atoms with Crippen molar-refractivity contribution in [2.75, 3.05) is 36.2 Å². The predicted octanol–water partition coefficient (Wildman–Crippen LogP) is 2.75. The van der Waals surface area contributed by atoms with Gasteiger partial charge in [-0.2, -0.15) is 23.5 Å². The number of carbonyl (C=O) groups is 2. The van der Waals surface area contributed by atoms with Crippen molar-refractivity contribution >= 4 is 35.5 Å². The molecule has 1 atom stereocenters. The predicted molar refractivity (Wildman–Crippen MR) is 84.2 cm³/mol. The minimum atomic E-state index is -0.416. The van der Waals surface area contributed by atoms with Crippen LogP contribution in [0.15, 0.2) is 0 Å². The zero-order valence-corrected chi connectivity index (χ0v) is 13.7. The summed E-state index contributed by atoms with van der Waals surface area (Å²) in [6.07, 6.45) is 3.07. The van der Waals surface area contributed by atoms with Crippen LogP contribution in [0.4, 0.5) is 0 Å². The highest BCUT2D eigenvalue weighted by Crippen LogP contribution is 2.12. The van der Waals surface area contributed by atoms with Gasteiger partial charge in [-0.1, -0.05) is 6.92 Å². The number of rotatable bonds is 0. The summed E-state index contributed by atoms with van der Waals surface area (Å²) in [6, 6.07) is 0. The third kappa shape index (κ3) is 8.74. The smallest absolute Gasteiger partial charge is 0.309 e. The molecule has 1 unspecified atom stereocenters. The Labute approximate surface area is 129 Å². The molecule has 0 aromatic rings. The van der Waals surface area contributed by atoms with Crippen LogP contribution in [0.5, 0.6) is 0 Å². The third-order valence-electron chi connectivity index (χ3n) is 2.83. The Bertz CT molecular complexity index is 297. The molecule has 1 heterocycles. The van der Waals surface area contributed by atoms with Crippen LogP contribution in [0.3, 0.4) is 0 Å². The minimum absolute atomic E-state index is 0.112. The van der Waals surface area contributed by atoms with Gasteiger partial charge in [0.25, 0.3) is 0 Å². The van der Waals surface area contributed by atoms with Crippen molar-refractivity contribution < 1.29 is 19.1 Å². The Morgan fingerprint density at radius 1 is 0.900 bits per heavy atom. The van der Waals surface area contributed by atoms with Crippen molar-refractivity contribution in [3.8, 4) is 0 Å². The number of esters is 2. The fraction of sp³-hybridized carbons (Fsp3) is 0.857. The second kappa shape index (κ2) is 11.3. The van der Waals surface area contributed by atoms with E-state index in [0.717, 1.165) is 35.9 Å². The molecule has 1 fully saturated rings. The number of cyclic esters (lactones) is 2. The average molecular weight is 320 g/mol. The summed E-state index contributed by atoms with van der Waals surface area (Å²) in [5.41, 5.74) is 0. The Hall–Kier alpha value is -0.360. The van der Waals surface area contributed by atoms with Gasteiger partial charge in [0.1, 0.15) is 0 Å². The fourth-order valence-electron chi connectivity index (χ4n) is 1.68. The maximum atomic E-state index is 11.7. The van der Waals surface area contributed by atoms with E-state index < -0.39 is 5.92 Å². The van der Waals surface area contributed by atoms with E-state index in [2.05, 4.69) is 0 Å². The highest BCUT2D eigenvalue weighted by Gasteiger charge is 2.19. The van der Waals surface area contributed by atoms with Crippen molar-refractivity contribution in [1.82, 2.24) is 0 Å². The second-order valence-electron chi connectivity index (χ2n) is 4.78. The summed E-state index contributed by atoms with van der Waals surface area (Å²) < 4.78 is 10.3. The second-order valence-corrected chi connectivity index (χ2v) is 7.23. The maximum Gasteiger partial charge on any atom is 0.309 e. The molecule has 116 valence electrons. The molecule has 0 amide bonds. The first-order valence-electron chi connectivity index (χ1n) is 7.18. The standard InChI is InChI=1S/C14H24O4S2/c1-12-11-13(15)17-5-2-7-19-9-4-10-20-8-3-6-18-14(12)16/h12H,2-11H2,1H3. The number of carbonyl (C=O) groups excluding carboxylic acids is 2. The van der Waals surface area contributed by atoms with Gasteiger partial charge in [0.2, 0.25) is 0 Å². The van der Waals surface area contributed by atoms with Crippen LogP contribution in [0.25, 0.3) is 0 Å². The summed E-state index contributed by atoms with van der Waals surface area (Å²) in [4.78, 5) is 23.2. The summed E-state index contributed by atoms with van der Waals surface area (Å²) in [5.74, 6) is 3.34. The summed E-state index contributed by atoms with van der Waals surface area (Å²) in [5, 5.41) is 0. The monoisotopic (exact) mass is 320 g/mol. The van der Waals surface area contributed by atoms with Gasteiger partial charge in [-0.25, -0.2) is 0 Å². The quantitative estimate of drug-likeness (QED) is 0.640. The van der Waals surface area contributed by atoms with Gasteiger partial charge in [-0.3, -0.25) is 9.59 Å². The van der Waals surface area contributed by atoms with Gasteiger partial charge in [0, 0.05) is 0 Å². The lowest BCUT2D eigenvalue weighted by Crippen LogP contribution is -2.20. The van der Waals surface area contributed by atoms with E-state index in [0.29, 0.717) is 13.2 Å². The fourth-order valence-corrected chi connectivity index (χ4v) is 3.61. The lowest BCUT2D eigenvalue weighted by molar-refractivity contribution is -0.154. The molecule has 0 aromatic carbocycles. The summed E-state index contributed by atoms with van der Waals surface area (Å²) >= 11 is 3.82. The minimum Gasteiger partial charge on any atom is -0.466 e. The molecule has 6 heteroatoms. The molecule has 1 aliphatic rings. The number of hydrogen-bond donors (Lipinski definition) is 0. The molecule has 0 aromatic heterocycles. The van der Waals surface area contributed by atoms with Crippen molar-refractivity contribution in [2.45, 2.75) is 32.6 Å². The Balaban J connectivity index is 2.33. The van der Waals surface area contributed by atoms with Crippen LogP contribution in [-0.4, -0.2) is 48.2 Å². The molecule has 0 radical (unpaired) electrons. The van der Waals surface area contributed by atoms with Gasteiger partial charge in [0.05, 0.1) is 25.6 Å². The SMILES string of the molecule is CC1CC(=O)OCCCSCCCSCCCOC1=O. The lowest BCUT2D eigenvalue weighted by atomic mass is 10.1. The van der Waals surface area contributed by atoms with E-state index >= 15 is 0 Å². The first-order valence-corrected chi connectivity index (χ1v) is 9.49. The van der Waals surface area contributed by atoms with E-state index in [4.69, 9.17) is 9.47 Å². The average Bonchev–Trinajstić information content (AvgIpc) is 2.42. The summed E-state index contributed by atoms with van der Waals surface area (Å²) in [7, 11) is 0. The van der Waals surface area contributed by atoms with E-state index in [9.17, 15) is 9.59 Å². The lowest BCUT2D eigenvalue weighted by Gasteiger charge is -2.11. The molecular weight excluding hydrogens is 296 g/mol. The van der Waals surface area contributed by atoms with Crippen LogP contribution < -0.4 is 0 Å². The van der Waals surface area contributed by atoms with Crippen molar-refractivity contribution in [3.05, 3.63) is 0 Å². The van der Waals surface area contributed by atoms with E-state index in [-0.39, 0.29) is 18.4 Å². The van der Waals surface area contributed by atoms with Gasteiger partial charge in [-0.05, 0) is 42.3 Å².